The Morgan fingerprint density at radius 2 is 2.06 bits per heavy atom. The lowest BCUT2D eigenvalue weighted by Gasteiger charge is -2.12. The highest BCUT2D eigenvalue weighted by Crippen LogP contribution is 2.27. The standard InChI is InChI=1S/C13H13NO4/c1-3-14-9-6-7(2)4-5-8(9)11(15)10(12(14)16)13(17)18/h4-6,15H,3H2,1-2H3,(H,17,18). The summed E-state index contributed by atoms with van der Waals surface area (Å²) in [7, 11) is 0. The lowest BCUT2D eigenvalue weighted by atomic mass is 10.1. The van der Waals surface area contributed by atoms with E-state index in [0.717, 1.165) is 5.56 Å². The summed E-state index contributed by atoms with van der Waals surface area (Å²) in [4.78, 5) is 23.1. The predicted molar refractivity (Wildman–Crippen MR) is 67.2 cm³/mol. The molecule has 0 amide bonds. The molecule has 0 aliphatic rings. The predicted octanol–water partition coefficient (Wildman–Crippen LogP) is 1.73. The number of aromatic hydroxyl groups is 1. The summed E-state index contributed by atoms with van der Waals surface area (Å²) < 4.78 is 1.35. The Balaban J connectivity index is 3.05. The molecule has 0 unspecified atom stereocenters. The molecule has 0 radical (unpaired) electrons. The van der Waals surface area contributed by atoms with Gasteiger partial charge in [-0.2, -0.15) is 0 Å². The van der Waals surface area contributed by atoms with Gasteiger partial charge in [-0.25, -0.2) is 4.79 Å². The number of carbonyl (C=O) groups is 1. The average Bonchev–Trinajstić information content (AvgIpc) is 2.28. The lowest BCUT2D eigenvalue weighted by Crippen LogP contribution is -2.26. The summed E-state index contributed by atoms with van der Waals surface area (Å²) in [6, 6.07) is 5.14. The first-order valence-corrected chi connectivity index (χ1v) is 5.56. The number of aromatic carboxylic acids is 1. The van der Waals surface area contributed by atoms with E-state index in [2.05, 4.69) is 0 Å². The van der Waals surface area contributed by atoms with E-state index in [-0.39, 0.29) is 0 Å². The minimum absolute atomic E-state index is 0.347. The van der Waals surface area contributed by atoms with E-state index < -0.39 is 22.8 Å². The van der Waals surface area contributed by atoms with Crippen molar-refractivity contribution in [1.29, 1.82) is 0 Å². The number of carboxylic acid groups (broad SMARTS) is 1. The van der Waals surface area contributed by atoms with Crippen LogP contribution in [0.25, 0.3) is 10.9 Å². The maximum Gasteiger partial charge on any atom is 0.345 e. The molecule has 0 saturated heterocycles. The smallest absolute Gasteiger partial charge is 0.345 e. The number of rotatable bonds is 2. The minimum Gasteiger partial charge on any atom is -0.506 e. The third-order valence-electron chi connectivity index (χ3n) is 2.93. The number of aromatic nitrogens is 1. The summed E-state index contributed by atoms with van der Waals surface area (Å²) in [6.07, 6.45) is 0. The highest BCUT2D eigenvalue weighted by atomic mass is 16.4. The molecule has 0 saturated carbocycles. The van der Waals surface area contributed by atoms with Crippen molar-refractivity contribution in [2.75, 3.05) is 0 Å². The summed E-state index contributed by atoms with van der Waals surface area (Å²) in [5, 5.41) is 19.3. The minimum atomic E-state index is -1.41. The van der Waals surface area contributed by atoms with Crippen LogP contribution in [0.15, 0.2) is 23.0 Å². The molecule has 0 aliphatic heterocycles. The van der Waals surface area contributed by atoms with Crippen molar-refractivity contribution in [3.8, 4) is 5.75 Å². The zero-order valence-corrected chi connectivity index (χ0v) is 10.1. The van der Waals surface area contributed by atoms with E-state index in [9.17, 15) is 14.7 Å². The topological polar surface area (TPSA) is 79.5 Å². The number of carboxylic acids is 1. The van der Waals surface area contributed by atoms with Gasteiger partial charge in [0.15, 0.2) is 5.56 Å². The average molecular weight is 247 g/mol. The molecule has 1 aromatic heterocycles. The number of aryl methyl sites for hydroxylation is 2. The molecule has 0 aliphatic carbocycles. The van der Waals surface area contributed by atoms with E-state index in [1.807, 2.05) is 6.92 Å². The first-order chi connectivity index (χ1) is 8.47. The first kappa shape index (κ1) is 12.2. The van der Waals surface area contributed by atoms with Crippen molar-refractivity contribution in [2.45, 2.75) is 20.4 Å². The highest BCUT2D eigenvalue weighted by molar-refractivity contribution is 5.98. The van der Waals surface area contributed by atoms with Crippen LogP contribution in [0.3, 0.4) is 0 Å². The third kappa shape index (κ3) is 1.64. The van der Waals surface area contributed by atoms with Crippen molar-refractivity contribution in [2.24, 2.45) is 0 Å². The number of pyridine rings is 1. The van der Waals surface area contributed by atoms with Crippen LogP contribution in [0, 0.1) is 6.92 Å². The maximum absolute atomic E-state index is 12.0. The number of hydrogen-bond donors (Lipinski definition) is 2. The van der Waals surface area contributed by atoms with E-state index in [1.165, 1.54) is 4.57 Å². The molecule has 1 heterocycles. The quantitative estimate of drug-likeness (QED) is 0.847. The fourth-order valence-corrected chi connectivity index (χ4v) is 2.05. The Bertz CT molecular complexity index is 700. The van der Waals surface area contributed by atoms with Gasteiger partial charge in [0, 0.05) is 11.9 Å². The van der Waals surface area contributed by atoms with Gasteiger partial charge in [-0.05, 0) is 31.5 Å². The second-order valence-corrected chi connectivity index (χ2v) is 4.10. The van der Waals surface area contributed by atoms with Gasteiger partial charge in [-0.15, -0.1) is 0 Å². The Morgan fingerprint density at radius 3 is 2.61 bits per heavy atom. The van der Waals surface area contributed by atoms with Gasteiger partial charge >= 0.3 is 5.97 Å². The van der Waals surface area contributed by atoms with Gasteiger partial charge in [0.2, 0.25) is 0 Å². The monoisotopic (exact) mass is 247 g/mol. The van der Waals surface area contributed by atoms with Crippen molar-refractivity contribution in [3.05, 3.63) is 39.7 Å². The lowest BCUT2D eigenvalue weighted by molar-refractivity contribution is 0.0691. The Morgan fingerprint density at radius 1 is 1.39 bits per heavy atom. The summed E-state index contributed by atoms with van der Waals surface area (Å²) in [5.41, 5.74) is 0.227. The largest absolute Gasteiger partial charge is 0.506 e. The Hall–Kier alpha value is -2.30. The number of hydrogen-bond acceptors (Lipinski definition) is 3. The maximum atomic E-state index is 12.0. The number of benzene rings is 1. The van der Waals surface area contributed by atoms with Crippen LogP contribution in [0.4, 0.5) is 0 Å². The Labute approximate surface area is 103 Å². The van der Waals surface area contributed by atoms with Crippen molar-refractivity contribution < 1.29 is 15.0 Å². The fourth-order valence-electron chi connectivity index (χ4n) is 2.05. The summed E-state index contributed by atoms with van der Waals surface area (Å²) >= 11 is 0. The van der Waals surface area contributed by atoms with Crippen LogP contribution in [0.5, 0.6) is 5.75 Å². The SMILES string of the molecule is CCn1c(=O)c(C(=O)O)c(O)c2ccc(C)cc21. The van der Waals surface area contributed by atoms with E-state index in [0.29, 0.717) is 17.4 Å². The number of nitrogens with zero attached hydrogens (tertiary/aromatic N) is 1. The molecule has 0 bridgehead atoms. The van der Waals surface area contributed by atoms with Crippen molar-refractivity contribution >= 4 is 16.9 Å². The molecule has 94 valence electrons. The zero-order chi connectivity index (χ0) is 13.4. The molecule has 0 spiro atoms. The molecule has 18 heavy (non-hydrogen) atoms. The molecule has 0 fully saturated rings. The van der Waals surface area contributed by atoms with Crippen LogP contribution in [-0.2, 0) is 6.54 Å². The van der Waals surface area contributed by atoms with E-state index in [1.54, 1.807) is 25.1 Å². The highest BCUT2D eigenvalue weighted by Gasteiger charge is 2.20. The fraction of sp³-hybridized carbons (Fsp3) is 0.231. The van der Waals surface area contributed by atoms with Crippen molar-refractivity contribution in [3.63, 3.8) is 0 Å². The van der Waals surface area contributed by atoms with Crippen LogP contribution in [0.2, 0.25) is 0 Å². The van der Waals surface area contributed by atoms with Gasteiger partial charge in [0.25, 0.3) is 5.56 Å². The van der Waals surface area contributed by atoms with Gasteiger partial charge in [0.05, 0.1) is 5.52 Å². The molecule has 5 nitrogen and oxygen atoms in total. The van der Waals surface area contributed by atoms with Gasteiger partial charge < -0.3 is 14.8 Å². The third-order valence-corrected chi connectivity index (χ3v) is 2.93. The summed E-state index contributed by atoms with van der Waals surface area (Å²) in [5.74, 6) is -1.88. The molecular formula is C13H13NO4. The van der Waals surface area contributed by atoms with Gasteiger partial charge in [-0.1, -0.05) is 6.07 Å². The first-order valence-electron chi connectivity index (χ1n) is 5.56. The van der Waals surface area contributed by atoms with Crippen molar-refractivity contribution in [1.82, 2.24) is 4.57 Å². The molecule has 2 N–H and O–H groups in total. The zero-order valence-electron chi connectivity index (χ0n) is 10.1. The molecule has 5 heteroatoms. The molecule has 1 aromatic carbocycles. The molecular weight excluding hydrogens is 234 g/mol. The van der Waals surface area contributed by atoms with E-state index >= 15 is 0 Å². The second kappa shape index (κ2) is 4.18. The normalized spacial score (nSPS) is 10.8. The van der Waals surface area contributed by atoms with Crippen LogP contribution >= 0.6 is 0 Å². The van der Waals surface area contributed by atoms with E-state index in [4.69, 9.17) is 5.11 Å². The second-order valence-electron chi connectivity index (χ2n) is 4.10. The Kier molecular flexibility index (Phi) is 2.82. The van der Waals surface area contributed by atoms with Crippen LogP contribution < -0.4 is 5.56 Å². The number of fused-ring (bicyclic) bond motifs is 1. The van der Waals surface area contributed by atoms with Crippen LogP contribution in [-0.4, -0.2) is 20.7 Å². The van der Waals surface area contributed by atoms with Gasteiger partial charge in [0.1, 0.15) is 5.75 Å². The molecule has 0 atom stereocenters. The summed E-state index contributed by atoms with van der Waals surface area (Å²) in [6.45, 7) is 3.97. The van der Waals surface area contributed by atoms with Gasteiger partial charge in [-0.3, -0.25) is 4.79 Å². The molecule has 2 aromatic rings. The van der Waals surface area contributed by atoms with Crippen LogP contribution in [0.1, 0.15) is 22.8 Å². The molecule has 2 rings (SSSR count).